The summed E-state index contributed by atoms with van der Waals surface area (Å²) in [6, 6.07) is 9.28. The van der Waals surface area contributed by atoms with E-state index in [1.54, 1.807) is 6.07 Å². The Labute approximate surface area is 127 Å². The number of nitrogens with one attached hydrogen (secondary N) is 1. The quantitative estimate of drug-likeness (QED) is 0.671. The second-order valence-electron chi connectivity index (χ2n) is 4.54. The highest BCUT2D eigenvalue weighted by Gasteiger charge is 2.07. The summed E-state index contributed by atoms with van der Waals surface area (Å²) in [5.74, 6) is -0.213. The molecule has 0 saturated heterocycles. The minimum absolute atomic E-state index is 0.213. The van der Waals surface area contributed by atoms with Gasteiger partial charge in [0.05, 0.1) is 14.9 Å². The molecule has 0 unspecified atom stereocenters. The zero-order valence-electron chi connectivity index (χ0n) is 11.5. The van der Waals surface area contributed by atoms with Crippen LogP contribution in [0.15, 0.2) is 35.4 Å². The summed E-state index contributed by atoms with van der Waals surface area (Å²) in [7, 11) is 0. The van der Waals surface area contributed by atoms with E-state index in [2.05, 4.69) is 10.5 Å². The second-order valence-corrected chi connectivity index (χ2v) is 6.26. The van der Waals surface area contributed by atoms with Crippen LogP contribution in [-0.4, -0.2) is 11.6 Å². The Kier molecular flexibility index (Phi) is 4.57. The lowest BCUT2D eigenvalue weighted by Crippen LogP contribution is -2.19. The Hall–Kier alpha value is -1.65. The summed E-state index contributed by atoms with van der Waals surface area (Å²) < 4.78 is 0.704. The third kappa shape index (κ3) is 3.46. The number of thiophene rings is 1. The maximum Gasteiger partial charge on any atom is 0.271 e. The van der Waals surface area contributed by atoms with E-state index in [0.717, 1.165) is 21.7 Å². The van der Waals surface area contributed by atoms with Crippen molar-refractivity contribution < 1.29 is 4.79 Å². The van der Waals surface area contributed by atoms with E-state index in [-0.39, 0.29) is 5.91 Å². The van der Waals surface area contributed by atoms with Gasteiger partial charge in [-0.1, -0.05) is 17.7 Å². The van der Waals surface area contributed by atoms with Crippen LogP contribution in [-0.2, 0) is 0 Å². The van der Waals surface area contributed by atoms with Crippen molar-refractivity contribution in [3.8, 4) is 0 Å². The molecule has 0 saturated carbocycles. The highest BCUT2D eigenvalue weighted by molar-refractivity contribution is 7.18. The van der Waals surface area contributed by atoms with Crippen LogP contribution in [0, 0.1) is 13.8 Å². The van der Waals surface area contributed by atoms with Gasteiger partial charge in [-0.3, -0.25) is 4.79 Å². The van der Waals surface area contributed by atoms with Gasteiger partial charge in [0, 0.05) is 5.56 Å². The highest BCUT2D eigenvalue weighted by atomic mass is 35.5. The number of carbonyl (C=O) groups is 1. The Morgan fingerprint density at radius 2 is 1.95 bits per heavy atom. The second kappa shape index (κ2) is 6.20. The molecule has 1 aromatic carbocycles. The van der Waals surface area contributed by atoms with Gasteiger partial charge in [0.25, 0.3) is 5.91 Å². The number of hydrogen-bond donors (Lipinski definition) is 1. The topological polar surface area (TPSA) is 41.5 Å². The van der Waals surface area contributed by atoms with E-state index in [9.17, 15) is 4.79 Å². The van der Waals surface area contributed by atoms with Gasteiger partial charge in [0.15, 0.2) is 0 Å². The van der Waals surface area contributed by atoms with Crippen LogP contribution in [0.2, 0.25) is 4.34 Å². The predicted molar refractivity (Wildman–Crippen MR) is 84.9 cm³/mol. The lowest BCUT2D eigenvalue weighted by Gasteiger charge is -2.04. The summed E-state index contributed by atoms with van der Waals surface area (Å²) in [4.78, 5) is 12.9. The van der Waals surface area contributed by atoms with E-state index in [1.807, 2.05) is 45.0 Å². The molecular formula is C15H15ClN2OS. The van der Waals surface area contributed by atoms with Crippen LogP contribution in [0.3, 0.4) is 0 Å². The van der Waals surface area contributed by atoms with Crippen molar-refractivity contribution in [2.24, 2.45) is 5.10 Å². The monoisotopic (exact) mass is 306 g/mol. The molecule has 0 spiro atoms. The average molecular weight is 307 g/mol. The normalized spacial score (nSPS) is 11.5. The van der Waals surface area contributed by atoms with Crippen molar-refractivity contribution in [3.63, 3.8) is 0 Å². The van der Waals surface area contributed by atoms with Crippen molar-refractivity contribution in [2.75, 3.05) is 0 Å². The number of aryl methyl sites for hydroxylation is 2. The molecule has 1 aromatic heterocycles. The summed E-state index contributed by atoms with van der Waals surface area (Å²) in [6.07, 6.45) is 0. The average Bonchev–Trinajstić information content (AvgIpc) is 2.85. The number of hydrogen-bond acceptors (Lipinski definition) is 3. The van der Waals surface area contributed by atoms with Gasteiger partial charge >= 0.3 is 0 Å². The van der Waals surface area contributed by atoms with Gasteiger partial charge < -0.3 is 0 Å². The van der Waals surface area contributed by atoms with Crippen molar-refractivity contribution in [1.29, 1.82) is 0 Å². The number of benzene rings is 1. The fraction of sp³-hybridized carbons (Fsp3) is 0.200. The molecule has 0 radical (unpaired) electrons. The van der Waals surface area contributed by atoms with E-state index in [0.29, 0.717) is 9.90 Å². The molecule has 20 heavy (non-hydrogen) atoms. The predicted octanol–water partition coefficient (Wildman–Crippen LogP) is 4.17. The molecule has 1 amide bonds. The molecule has 0 aliphatic rings. The first-order valence-corrected chi connectivity index (χ1v) is 7.34. The van der Waals surface area contributed by atoms with Gasteiger partial charge in [0.1, 0.15) is 0 Å². The summed E-state index contributed by atoms with van der Waals surface area (Å²) in [5, 5.41) is 4.11. The fourth-order valence-electron chi connectivity index (χ4n) is 1.65. The Balaban J connectivity index is 2.09. The summed E-state index contributed by atoms with van der Waals surface area (Å²) in [5.41, 5.74) is 6.15. The highest BCUT2D eigenvalue weighted by Crippen LogP contribution is 2.21. The minimum atomic E-state index is -0.213. The molecule has 0 bridgehead atoms. The van der Waals surface area contributed by atoms with Crippen LogP contribution in [0.25, 0.3) is 0 Å². The molecule has 5 heteroatoms. The number of amides is 1. The van der Waals surface area contributed by atoms with Gasteiger partial charge in [0.2, 0.25) is 0 Å². The van der Waals surface area contributed by atoms with Gasteiger partial charge in [-0.25, -0.2) is 5.43 Å². The summed E-state index contributed by atoms with van der Waals surface area (Å²) in [6.45, 7) is 5.83. The maximum atomic E-state index is 12.0. The first-order chi connectivity index (χ1) is 9.47. The number of hydrazone groups is 1. The molecule has 2 rings (SSSR count). The van der Waals surface area contributed by atoms with Crippen LogP contribution >= 0.6 is 22.9 Å². The van der Waals surface area contributed by atoms with Gasteiger partial charge in [-0.2, -0.15) is 5.10 Å². The van der Waals surface area contributed by atoms with Crippen LogP contribution < -0.4 is 5.43 Å². The van der Waals surface area contributed by atoms with Crippen molar-refractivity contribution >= 4 is 34.6 Å². The third-order valence-electron chi connectivity index (χ3n) is 3.02. The minimum Gasteiger partial charge on any atom is -0.267 e. The van der Waals surface area contributed by atoms with Crippen LogP contribution in [0.1, 0.15) is 33.3 Å². The van der Waals surface area contributed by atoms with E-state index in [4.69, 9.17) is 11.6 Å². The van der Waals surface area contributed by atoms with E-state index >= 15 is 0 Å². The molecule has 2 aromatic rings. The zero-order chi connectivity index (χ0) is 14.7. The Bertz CT molecular complexity index is 676. The van der Waals surface area contributed by atoms with Crippen molar-refractivity contribution in [1.82, 2.24) is 5.43 Å². The standard InChI is InChI=1S/C15H15ClN2OS/c1-9-4-5-12(8-10(9)2)15(19)18-17-11(3)13-6-7-14(16)20-13/h4-8H,1-3H3,(H,18,19). The number of halogens is 1. The molecule has 0 fully saturated rings. The molecule has 1 heterocycles. The lowest BCUT2D eigenvalue weighted by molar-refractivity contribution is 0.0955. The van der Waals surface area contributed by atoms with Gasteiger partial charge in [-0.05, 0) is 56.2 Å². The van der Waals surface area contributed by atoms with Crippen LogP contribution in [0.5, 0.6) is 0 Å². The number of nitrogens with zero attached hydrogens (tertiary/aromatic N) is 1. The molecule has 0 aliphatic heterocycles. The third-order valence-corrected chi connectivity index (χ3v) is 4.36. The molecular weight excluding hydrogens is 292 g/mol. The largest absolute Gasteiger partial charge is 0.271 e. The van der Waals surface area contributed by atoms with E-state index in [1.165, 1.54) is 11.3 Å². The number of carbonyl (C=O) groups excluding carboxylic acids is 1. The first-order valence-electron chi connectivity index (χ1n) is 6.15. The molecule has 0 aliphatic carbocycles. The SMILES string of the molecule is CC(=NNC(=O)c1ccc(C)c(C)c1)c1ccc(Cl)s1. The van der Waals surface area contributed by atoms with Crippen LogP contribution in [0.4, 0.5) is 0 Å². The smallest absolute Gasteiger partial charge is 0.267 e. The molecule has 1 N–H and O–H groups in total. The fourth-order valence-corrected chi connectivity index (χ4v) is 2.63. The summed E-state index contributed by atoms with van der Waals surface area (Å²) >= 11 is 7.30. The lowest BCUT2D eigenvalue weighted by atomic mass is 10.1. The Morgan fingerprint density at radius 3 is 2.55 bits per heavy atom. The molecule has 104 valence electrons. The zero-order valence-corrected chi connectivity index (χ0v) is 13.1. The van der Waals surface area contributed by atoms with Gasteiger partial charge in [-0.15, -0.1) is 11.3 Å². The molecule has 0 atom stereocenters. The van der Waals surface area contributed by atoms with Crippen molar-refractivity contribution in [2.45, 2.75) is 20.8 Å². The molecule has 3 nitrogen and oxygen atoms in total. The maximum absolute atomic E-state index is 12.0. The Morgan fingerprint density at radius 1 is 1.20 bits per heavy atom. The van der Waals surface area contributed by atoms with E-state index < -0.39 is 0 Å². The van der Waals surface area contributed by atoms with Crippen molar-refractivity contribution in [3.05, 3.63) is 56.2 Å². The first kappa shape index (κ1) is 14.8. The number of rotatable bonds is 3.